The average molecular weight is 405 g/mol. The van der Waals surface area contributed by atoms with Crippen molar-refractivity contribution in [2.45, 2.75) is 12.5 Å². The van der Waals surface area contributed by atoms with E-state index in [1.54, 1.807) is 9.80 Å². The first kappa shape index (κ1) is 20.6. The van der Waals surface area contributed by atoms with E-state index in [0.29, 0.717) is 50.7 Å². The van der Waals surface area contributed by atoms with Crippen LogP contribution in [0.3, 0.4) is 0 Å². The second-order valence-corrected chi connectivity index (χ2v) is 7.06. The number of hydrogen-bond acceptors (Lipinski definition) is 7. The number of ether oxygens (including phenoxy) is 1. The molecular weight excluding hydrogens is 384 g/mol. The number of carbonyl (C=O) groups excluding carboxylic acids is 2. The third kappa shape index (κ3) is 4.91. The van der Waals surface area contributed by atoms with Gasteiger partial charge in [0.2, 0.25) is 5.91 Å². The van der Waals surface area contributed by atoms with Crippen molar-refractivity contribution in [2.75, 3.05) is 45.9 Å². The van der Waals surface area contributed by atoms with E-state index in [4.69, 9.17) is 4.74 Å². The molecule has 2 saturated heterocycles. The number of morpholine rings is 1. The Balaban J connectivity index is 0.00000243. The van der Waals surface area contributed by atoms with Gasteiger partial charge in [-0.1, -0.05) is 11.3 Å². The summed E-state index contributed by atoms with van der Waals surface area (Å²) in [6.07, 6.45) is 0.394. The van der Waals surface area contributed by atoms with Crippen molar-refractivity contribution in [3.05, 3.63) is 27.1 Å². The summed E-state index contributed by atoms with van der Waals surface area (Å²) in [6, 6.07) is 2.88. The number of nitrogens with one attached hydrogen (secondary N) is 1. The molecule has 0 aromatic carbocycles. The highest BCUT2D eigenvalue weighted by molar-refractivity contribution is 7.17. The molecule has 3 rings (SSSR count). The lowest BCUT2D eigenvalue weighted by molar-refractivity contribution is -0.380. The van der Waals surface area contributed by atoms with Crippen LogP contribution >= 0.6 is 23.7 Å². The molecular formula is C15H21ClN4O5S. The Kier molecular flexibility index (Phi) is 7.33. The predicted molar refractivity (Wildman–Crippen MR) is 97.9 cm³/mol. The molecule has 1 aromatic rings. The van der Waals surface area contributed by atoms with Gasteiger partial charge in [-0.3, -0.25) is 19.7 Å². The van der Waals surface area contributed by atoms with Crippen LogP contribution in [0.5, 0.6) is 0 Å². The van der Waals surface area contributed by atoms with Gasteiger partial charge in [0, 0.05) is 51.3 Å². The maximum absolute atomic E-state index is 12.4. The lowest BCUT2D eigenvalue weighted by Crippen LogP contribution is -2.52. The number of thiophene rings is 1. The number of hydrogen-bond donors (Lipinski definition) is 1. The van der Waals surface area contributed by atoms with Gasteiger partial charge >= 0.3 is 5.00 Å². The van der Waals surface area contributed by atoms with Gasteiger partial charge in [0.15, 0.2) is 0 Å². The molecule has 1 N–H and O–H groups in total. The minimum Gasteiger partial charge on any atom is -0.378 e. The first-order chi connectivity index (χ1) is 12.0. The summed E-state index contributed by atoms with van der Waals surface area (Å²) in [6.45, 7) is 3.80. The van der Waals surface area contributed by atoms with Crippen LogP contribution in [-0.2, 0) is 9.53 Å². The van der Waals surface area contributed by atoms with Gasteiger partial charge in [0.25, 0.3) is 5.91 Å². The van der Waals surface area contributed by atoms with Crippen LogP contribution in [0.2, 0.25) is 0 Å². The molecule has 1 atom stereocenters. The summed E-state index contributed by atoms with van der Waals surface area (Å²) in [7, 11) is 0. The molecule has 2 aliphatic heterocycles. The fourth-order valence-corrected chi connectivity index (χ4v) is 3.73. The Labute approximate surface area is 160 Å². The van der Waals surface area contributed by atoms with Crippen molar-refractivity contribution in [1.29, 1.82) is 0 Å². The van der Waals surface area contributed by atoms with Gasteiger partial charge in [0.05, 0.1) is 23.0 Å². The first-order valence-corrected chi connectivity index (χ1v) is 8.98. The van der Waals surface area contributed by atoms with Gasteiger partial charge in [-0.05, 0) is 6.07 Å². The van der Waals surface area contributed by atoms with E-state index in [9.17, 15) is 19.7 Å². The van der Waals surface area contributed by atoms with E-state index in [1.165, 1.54) is 12.1 Å². The molecule has 11 heteroatoms. The Morgan fingerprint density at radius 2 is 1.96 bits per heavy atom. The van der Waals surface area contributed by atoms with Crippen molar-refractivity contribution in [1.82, 2.24) is 15.1 Å². The third-order valence-corrected chi connectivity index (χ3v) is 5.35. The molecule has 144 valence electrons. The molecule has 0 aliphatic carbocycles. The zero-order valence-electron chi connectivity index (χ0n) is 14.1. The largest absolute Gasteiger partial charge is 0.378 e. The number of amides is 2. The lowest BCUT2D eigenvalue weighted by atomic mass is 10.1. The van der Waals surface area contributed by atoms with Crippen LogP contribution in [-0.4, -0.2) is 78.5 Å². The quantitative estimate of drug-likeness (QED) is 0.586. The van der Waals surface area contributed by atoms with E-state index in [0.717, 1.165) is 17.9 Å². The summed E-state index contributed by atoms with van der Waals surface area (Å²) < 4.78 is 5.35. The molecule has 0 saturated carbocycles. The van der Waals surface area contributed by atoms with Crippen molar-refractivity contribution >= 4 is 40.6 Å². The molecule has 2 amide bonds. The fourth-order valence-electron chi connectivity index (χ4n) is 2.95. The van der Waals surface area contributed by atoms with Crippen LogP contribution in [0.1, 0.15) is 16.1 Å². The van der Waals surface area contributed by atoms with E-state index in [2.05, 4.69) is 5.32 Å². The van der Waals surface area contributed by atoms with Gasteiger partial charge in [0.1, 0.15) is 0 Å². The van der Waals surface area contributed by atoms with Crippen molar-refractivity contribution in [3.8, 4) is 0 Å². The summed E-state index contributed by atoms with van der Waals surface area (Å²) in [5.41, 5.74) is 0. The van der Waals surface area contributed by atoms with Crippen LogP contribution in [0, 0.1) is 10.1 Å². The smallest absolute Gasteiger partial charge is 0.324 e. The number of carbonyl (C=O) groups is 2. The lowest BCUT2D eigenvalue weighted by Gasteiger charge is -2.35. The maximum atomic E-state index is 12.4. The highest BCUT2D eigenvalue weighted by Crippen LogP contribution is 2.25. The molecule has 1 unspecified atom stereocenters. The highest BCUT2D eigenvalue weighted by atomic mass is 35.5. The second-order valence-electron chi connectivity index (χ2n) is 6.00. The number of nitrogens with zero attached hydrogens (tertiary/aromatic N) is 3. The summed E-state index contributed by atoms with van der Waals surface area (Å²) in [4.78, 5) is 38.7. The Morgan fingerprint density at radius 1 is 1.27 bits per heavy atom. The average Bonchev–Trinajstić information content (AvgIpc) is 3.12. The van der Waals surface area contributed by atoms with E-state index >= 15 is 0 Å². The summed E-state index contributed by atoms with van der Waals surface area (Å²) >= 11 is 0.880. The van der Waals surface area contributed by atoms with Gasteiger partial charge < -0.3 is 19.9 Å². The summed E-state index contributed by atoms with van der Waals surface area (Å²) in [5, 5.41) is 13.9. The zero-order chi connectivity index (χ0) is 17.8. The van der Waals surface area contributed by atoms with Crippen LogP contribution in [0.15, 0.2) is 12.1 Å². The minimum atomic E-state index is -0.499. The van der Waals surface area contributed by atoms with Crippen molar-refractivity contribution in [3.63, 3.8) is 0 Å². The minimum absolute atomic E-state index is 0. The van der Waals surface area contributed by atoms with Gasteiger partial charge in [-0.25, -0.2) is 0 Å². The SMILES string of the molecule is Cl.O=C(CC1COCCN1)N1CCN(C(=O)c2ccc([N+](=O)[O-])s2)CC1. The van der Waals surface area contributed by atoms with Gasteiger partial charge in [-0.15, -0.1) is 12.4 Å². The maximum Gasteiger partial charge on any atom is 0.324 e. The second kappa shape index (κ2) is 9.26. The molecule has 0 radical (unpaired) electrons. The normalized spacial score (nSPS) is 20.4. The molecule has 26 heavy (non-hydrogen) atoms. The first-order valence-electron chi connectivity index (χ1n) is 8.17. The number of piperazine rings is 1. The molecule has 9 nitrogen and oxygen atoms in total. The molecule has 0 spiro atoms. The highest BCUT2D eigenvalue weighted by Gasteiger charge is 2.28. The Bertz CT molecular complexity index is 656. The number of rotatable bonds is 4. The topological polar surface area (TPSA) is 105 Å². The van der Waals surface area contributed by atoms with E-state index < -0.39 is 4.92 Å². The van der Waals surface area contributed by atoms with Crippen LogP contribution < -0.4 is 5.32 Å². The Hall–Kier alpha value is -1.75. The van der Waals surface area contributed by atoms with Crippen LogP contribution in [0.4, 0.5) is 5.00 Å². The Morgan fingerprint density at radius 3 is 2.54 bits per heavy atom. The van der Waals surface area contributed by atoms with Crippen molar-refractivity contribution < 1.29 is 19.2 Å². The molecule has 0 bridgehead atoms. The number of nitro groups is 1. The summed E-state index contributed by atoms with van der Waals surface area (Å²) in [5.74, 6) is -0.158. The van der Waals surface area contributed by atoms with E-state index in [1.807, 2.05) is 0 Å². The molecule has 3 heterocycles. The zero-order valence-corrected chi connectivity index (χ0v) is 15.7. The predicted octanol–water partition coefficient (Wildman–Crippen LogP) is 0.741. The fraction of sp³-hybridized carbons (Fsp3) is 0.600. The molecule has 2 fully saturated rings. The molecule has 1 aromatic heterocycles. The van der Waals surface area contributed by atoms with Gasteiger partial charge in [-0.2, -0.15) is 0 Å². The standard InChI is InChI=1S/C15H20N4O5S.ClH/c20-13(9-11-10-24-8-3-16-11)17-4-6-18(7-5-17)15(21)12-1-2-14(25-12)19(22)23;/h1-2,11,16H,3-10H2;1H. The van der Waals surface area contributed by atoms with Crippen molar-refractivity contribution in [2.24, 2.45) is 0 Å². The third-order valence-electron chi connectivity index (χ3n) is 4.32. The molecule has 2 aliphatic rings. The number of halogens is 1. The monoisotopic (exact) mass is 404 g/mol. The van der Waals surface area contributed by atoms with Crippen LogP contribution in [0.25, 0.3) is 0 Å². The van der Waals surface area contributed by atoms with E-state index in [-0.39, 0.29) is 35.3 Å².